The Morgan fingerprint density at radius 2 is 2.08 bits per heavy atom. The van der Waals surface area contributed by atoms with Gasteiger partial charge in [-0.25, -0.2) is 4.39 Å². The summed E-state index contributed by atoms with van der Waals surface area (Å²) < 4.78 is 14.6. The van der Waals surface area contributed by atoms with Crippen molar-refractivity contribution in [2.75, 3.05) is 0 Å². The van der Waals surface area contributed by atoms with Crippen LogP contribution in [0.1, 0.15) is 0 Å². The van der Waals surface area contributed by atoms with E-state index in [2.05, 4.69) is 43.5 Å². The summed E-state index contributed by atoms with van der Waals surface area (Å²) in [6, 6.07) is 3.25. The van der Waals surface area contributed by atoms with Crippen LogP contribution in [0.5, 0.6) is 0 Å². The first-order chi connectivity index (χ1) is 6.18. The standard InChI is InChI=1S/C9H4BrFIN/c10-7-2-6-5(1-8(7)11)3-13-4-9(6)12/h1-4H. The highest BCUT2D eigenvalue weighted by Gasteiger charge is 2.04. The summed E-state index contributed by atoms with van der Waals surface area (Å²) in [5.41, 5.74) is 0. The Morgan fingerprint density at radius 1 is 1.31 bits per heavy atom. The molecular formula is C9H4BrFIN. The molecule has 0 aliphatic rings. The molecule has 0 radical (unpaired) electrons. The van der Waals surface area contributed by atoms with E-state index in [1.165, 1.54) is 6.07 Å². The van der Waals surface area contributed by atoms with Gasteiger partial charge in [0.05, 0.1) is 4.47 Å². The van der Waals surface area contributed by atoms with Crippen LogP contribution in [0.2, 0.25) is 0 Å². The quantitative estimate of drug-likeness (QED) is 0.659. The maximum atomic E-state index is 13.1. The molecule has 0 amide bonds. The fourth-order valence-electron chi connectivity index (χ4n) is 1.13. The molecule has 1 aromatic carbocycles. The molecule has 1 nitrogen and oxygen atoms in total. The second-order valence-electron chi connectivity index (χ2n) is 2.61. The molecule has 0 atom stereocenters. The van der Waals surface area contributed by atoms with Gasteiger partial charge in [0.2, 0.25) is 0 Å². The van der Waals surface area contributed by atoms with Gasteiger partial charge in [-0.1, -0.05) is 0 Å². The highest BCUT2D eigenvalue weighted by atomic mass is 127. The summed E-state index contributed by atoms with van der Waals surface area (Å²) in [7, 11) is 0. The molecule has 2 aromatic rings. The van der Waals surface area contributed by atoms with E-state index in [0.717, 1.165) is 14.3 Å². The highest BCUT2D eigenvalue weighted by Crippen LogP contribution is 2.25. The van der Waals surface area contributed by atoms with E-state index in [-0.39, 0.29) is 5.82 Å². The van der Waals surface area contributed by atoms with Crippen LogP contribution < -0.4 is 0 Å². The molecule has 0 aliphatic carbocycles. The molecular weight excluding hydrogens is 348 g/mol. The summed E-state index contributed by atoms with van der Waals surface area (Å²) in [6.07, 6.45) is 3.42. The van der Waals surface area contributed by atoms with Crippen molar-refractivity contribution in [2.24, 2.45) is 0 Å². The molecule has 0 fully saturated rings. The lowest BCUT2D eigenvalue weighted by atomic mass is 10.2. The maximum Gasteiger partial charge on any atom is 0.138 e. The van der Waals surface area contributed by atoms with Crippen LogP contribution in [-0.2, 0) is 0 Å². The van der Waals surface area contributed by atoms with Crippen LogP contribution in [-0.4, -0.2) is 4.98 Å². The average molecular weight is 352 g/mol. The molecule has 66 valence electrons. The van der Waals surface area contributed by atoms with Gasteiger partial charge in [0.15, 0.2) is 0 Å². The highest BCUT2D eigenvalue weighted by molar-refractivity contribution is 14.1. The van der Waals surface area contributed by atoms with E-state index in [4.69, 9.17) is 0 Å². The van der Waals surface area contributed by atoms with Crippen LogP contribution in [0.3, 0.4) is 0 Å². The Bertz CT molecular complexity index is 472. The third kappa shape index (κ3) is 1.69. The van der Waals surface area contributed by atoms with Crippen molar-refractivity contribution in [3.8, 4) is 0 Å². The number of hydrogen-bond donors (Lipinski definition) is 0. The molecule has 0 N–H and O–H groups in total. The van der Waals surface area contributed by atoms with Crippen molar-refractivity contribution in [3.05, 3.63) is 38.4 Å². The fourth-order valence-corrected chi connectivity index (χ4v) is 2.10. The van der Waals surface area contributed by atoms with Gasteiger partial charge in [-0.3, -0.25) is 4.98 Å². The van der Waals surface area contributed by atoms with Crippen molar-refractivity contribution in [2.45, 2.75) is 0 Å². The fraction of sp³-hybridized carbons (Fsp3) is 0. The average Bonchev–Trinajstić information content (AvgIpc) is 2.09. The second-order valence-corrected chi connectivity index (χ2v) is 4.63. The maximum absolute atomic E-state index is 13.1. The SMILES string of the molecule is Fc1cc2cncc(I)c2cc1Br. The van der Waals surface area contributed by atoms with E-state index in [1.54, 1.807) is 18.5 Å². The number of pyridine rings is 1. The molecule has 0 spiro atoms. The van der Waals surface area contributed by atoms with E-state index < -0.39 is 0 Å². The Balaban J connectivity index is 2.89. The monoisotopic (exact) mass is 351 g/mol. The number of fused-ring (bicyclic) bond motifs is 1. The third-order valence-corrected chi connectivity index (χ3v) is 3.22. The Morgan fingerprint density at radius 3 is 2.85 bits per heavy atom. The van der Waals surface area contributed by atoms with Crippen molar-refractivity contribution < 1.29 is 4.39 Å². The van der Waals surface area contributed by atoms with E-state index in [0.29, 0.717) is 4.47 Å². The normalized spacial score (nSPS) is 10.7. The van der Waals surface area contributed by atoms with Gasteiger partial charge >= 0.3 is 0 Å². The second kappa shape index (κ2) is 3.49. The van der Waals surface area contributed by atoms with Crippen molar-refractivity contribution in [3.63, 3.8) is 0 Å². The van der Waals surface area contributed by atoms with Gasteiger partial charge in [-0.2, -0.15) is 0 Å². The summed E-state index contributed by atoms with van der Waals surface area (Å²) >= 11 is 5.33. The van der Waals surface area contributed by atoms with E-state index in [9.17, 15) is 4.39 Å². The van der Waals surface area contributed by atoms with Crippen LogP contribution >= 0.6 is 38.5 Å². The Labute approximate surface area is 96.6 Å². The number of nitrogens with zero attached hydrogens (tertiary/aromatic N) is 1. The lowest BCUT2D eigenvalue weighted by molar-refractivity contribution is 0.623. The smallest absolute Gasteiger partial charge is 0.138 e. The molecule has 13 heavy (non-hydrogen) atoms. The lowest BCUT2D eigenvalue weighted by Crippen LogP contribution is -1.84. The summed E-state index contributed by atoms with van der Waals surface area (Å²) in [5.74, 6) is -0.253. The van der Waals surface area contributed by atoms with Gasteiger partial charge in [0.25, 0.3) is 0 Å². The van der Waals surface area contributed by atoms with Crippen molar-refractivity contribution >= 4 is 49.3 Å². The van der Waals surface area contributed by atoms with E-state index >= 15 is 0 Å². The van der Waals surface area contributed by atoms with Crippen LogP contribution in [0.15, 0.2) is 29.0 Å². The van der Waals surface area contributed by atoms with Gasteiger partial charge in [-0.15, -0.1) is 0 Å². The molecule has 1 aromatic heterocycles. The van der Waals surface area contributed by atoms with Crippen molar-refractivity contribution in [1.29, 1.82) is 0 Å². The number of hydrogen-bond acceptors (Lipinski definition) is 1. The minimum atomic E-state index is -0.253. The molecule has 2 rings (SSSR count). The molecule has 0 unspecified atom stereocenters. The van der Waals surface area contributed by atoms with Gasteiger partial charge in [-0.05, 0) is 56.0 Å². The Kier molecular flexibility index (Phi) is 2.51. The summed E-state index contributed by atoms with van der Waals surface area (Å²) in [4.78, 5) is 3.99. The number of rotatable bonds is 0. The largest absolute Gasteiger partial charge is 0.263 e. The van der Waals surface area contributed by atoms with Crippen molar-refractivity contribution in [1.82, 2.24) is 4.98 Å². The zero-order chi connectivity index (χ0) is 9.42. The van der Waals surface area contributed by atoms with E-state index in [1.807, 2.05) is 0 Å². The van der Waals surface area contributed by atoms with Gasteiger partial charge in [0.1, 0.15) is 5.82 Å². The summed E-state index contributed by atoms with van der Waals surface area (Å²) in [6.45, 7) is 0. The third-order valence-electron chi connectivity index (χ3n) is 1.75. The molecule has 0 saturated carbocycles. The first-order valence-corrected chi connectivity index (χ1v) is 5.44. The molecule has 4 heteroatoms. The molecule has 1 heterocycles. The van der Waals surface area contributed by atoms with Gasteiger partial charge in [0, 0.05) is 21.4 Å². The predicted octanol–water partition coefficient (Wildman–Crippen LogP) is 3.74. The molecule has 0 bridgehead atoms. The zero-order valence-electron chi connectivity index (χ0n) is 6.39. The molecule has 0 aliphatic heterocycles. The van der Waals surface area contributed by atoms with Gasteiger partial charge < -0.3 is 0 Å². The lowest BCUT2D eigenvalue weighted by Gasteiger charge is -2.01. The minimum Gasteiger partial charge on any atom is -0.263 e. The van der Waals surface area contributed by atoms with Crippen LogP contribution in [0.25, 0.3) is 10.8 Å². The number of benzene rings is 1. The van der Waals surface area contributed by atoms with Crippen LogP contribution in [0.4, 0.5) is 4.39 Å². The van der Waals surface area contributed by atoms with Crippen LogP contribution in [0, 0.1) is 9.39 Å². The first kappa shape index (κ1) is 9.33. The zero-order valence-corrected chi connectivity index (χ0v) is 10.1. The topological polar surface area (TPSA) is 12.9 Å². The minimum absolute atomic E-state index is 0.253. The number of aromatic nitrogens is 1. The molecule has 0 saturated heterocycles. The number of halogens is 3. The predicted molar refractivity (Wildman–Crippen MR) is 62.1 cm³/mol. The Hall–Kier alpha value is -0.230. The summed E-state index contributed by atoms with van der Waals surface area (Å²) in [5, 5.41) is 1.84. The first-order valence-electron chi connectivity index (χ1n) is 3.57.